The van der Waals surface area contributed by atoms with Crippen molar-refractivity contribution < 1.29 is 4.74 Å². The average Bonchev–Trinajstić information content (AvgIpc) is 2.66. The summed E-state index contributed by atoms with van der Waals surface area (Å²) >= 11 is 3.59. The molecule has 1 saturated heterocycles. The Morgan fingerprint density at radius 1 is 0.960 bits per heavy atom. The van der Waals surface area contributed by atoms with Crippen molar-refractivity contribution in [2.75, 3.05) is 13.1 Å². The van der Waals surface area contributed by atoms with E-state index in [2.05, 4.69) is 88.0 Å². The summed E-state index contributed by atoms with van der Waals surface area (Å²) in [6.45, 7) is 2.61. The summed E-state index contributed by atoms with van der Waals surface area (Å²) < 4.78 is 7.48. The molecule has 1 aliphatic heterocycles. The Labute approximate surface area is 157 Å². The third kappa shape index (κ3) is 3.95. The second kappa shape index (κ2) is 7.69. The average molecular weight is 396 g/mol. The van der Waals surface area contributed by atoms with Crippen LogP contribution in [0.1, 0.15) is 23.5 Å². The van der Waals surface area contributed by atoms with E-state index in [0.717, 1.165) is 24.0 Å². The highest BCUT2D eigenvalue weighted by Crippen LogP contribution is 2.30. The molecule has 25 heavy (non-hydrogen) atoms. The van der Waals surface area contributed by atoms with Gasteiger partial charge in [0.25, 0.3) is 0 Å². The fourth-order valence-corrected chi connectivity index (χ4v) is 4.07. The lowest BCUT2D eigenvalue weighted by Gasteiger charge is -2.32. The lowest BCUT2D eigenvalue weighted by molar-refractivity contribution is 0.0106. The van der Waals surface area contributed by atoms with Crippen LogP contribution in [-0.2, 0) is 11.3 Å². The standard InChI is InChI=1S/C22H22BrNO/c23-20-7-3-6-19(13-20)21-10-11-24-14-22(21)25-15-16-8-9-17-4-1-2-5-18(17)12-16/h1-9,12-13,21-22,24H,10-11,14-15H2/t21-,22-/m0/s1. The third-order valence-corrected chi connectivity index (χ3v) is 5.47. The normalized spacial score (nSPS) is 20.7. The summed E-state index contributed by atoms with van der Waals surface area (Å²) in [6, 6.07) is 23.7. The fourth-order valence-electron chi connectivity index (χ4n) is 3.66. The Morgan fingerprint density at radius 2 is 1.84 bits per heavy atom. The molecule has 0 radical (unpaired) electrons. The molecule has 4 rings (SSSR count). The maximum atomic E-state index is 6.35. The van der Waals surface area contributed by atoms with Gasteiger partial charge in [-0.3, -0.25) is 0 Å². The number of halogens is 1. The zero-order chi connectivity index (χ0) is 17.1. The third-order valence-electron chi connectivity index (χ3n) is 4.98. The van der Waals surface area contributed by atoms with Crippen molar-refractivity contribution in [3.63, 3.8) is 0 Å². The summed E-state index contributed by atoms with van der Waals surface area (Å²) in [4.78, 5) is 0. The van der Waals surface area contributed by atoms with E-state index in [1.54, 1.807) is 0 Å². The first kappa shape index (κ1) is 16.8. The quantitative estimate of drug-likeness (QED) is 0.649. The second-order valence-electron chi connectivity index (χ2n) is 6.69. The predicted octanol–water partition coefficient (Wildman–Crippen LogP) is 5.26. The van der Waals surface area contributed by atoms with Gasteiger partial charge in [-0.25, -0.2) is 0 Å². The van der Waals surface area contributed by atoms with Crippen LogP contribution >= 0.6 is 15.9 Å². The zero-order valence-electron chi connectivity index (χ0n) is 14.1. The zero-order valence-corrected chi connectivity index (χ0v) is 15.7. The molecular weight excluding hydrogens is 374 g/mol. The van der Waals surface area contributed by atoms with Gasteiger partial charge >= 0.3 is 0 Å². The molecule has 1 heterocycles. The molecular formula is C22H22BrNO. The molecule has 0 saturated carbocycles. The van der Waals surface area contributed by atoms with Crippen LogP contribution in [-0.4, -0.2) is 19.2 Å². The first-order valence-corrected chi connectivity index (χ1v) is 9.64. The number of benzene rings is 3. The van der Waals surface area contributed by atoms with E-state index in [1.165, 1.54) is 21.9 Å². The molecule has 2 atom stereocenters. The van der Waals surface area contributed by atoms with Gasteiger partial charge in [0.15, 0.2) is 0 Å². The van der Waals surface area contributed by atoms with Crippen LogP contribution in [0, 0.1) is 0 Å². The van der Waals surface area contributed by atoms with E-state index in [-0.39, 0.29) is 6.10 Å². The minimum atomic E-state index is 0.203. The van der Waals surface area contributed by atoms with Gasteiger partial charge in [-0.1, -0.05) is 64.5 Å². The lowest BCUT2D eigenvalue weighted by atomic mass is 9.88. The van der Waals surface area contributed by atoms with Crippen molar-refractivity contribution >= 4 is 26.7 Å². The summed E-state index contributed by atoms with van der Waals surface area (Å²) in [5.41, 5.74) is 2.59. The second-order valence-corrected chi connectivity index (χ2v) is 7.60. The van der Waals surface area contributed by atoms with E-state index in [1.807, 2.05) is 0 Å². The molecule has 0 unspecified atom stereocenters. The van der Waals surface area contributed by atoms with Crippen LogP contribution in [0.4, 0.5) is 0 Å². The molecule has 3 heteroatoms. The summed E-state index contributed by atoms with van der Waals surface area (Å²) in [5, 5.41) is 6.03. The van der Waals surface area contributed by atoms with Gasteiger partial charge in [0.2, 0.25) is 0 Å². The summed E-state index contributed by atoms with van der Waals surface area (Å²) in [6.07, 6.45) is 1.31. The highest BCUT2D eigenvalue weighted by Gasteiger charge is 2.27. The Kier molecular flexibility index (Phi) is 5.16. The maximum Gasteiger partial charge on any atom is 0.0772 e. The van der Waals surface area contributed by atoms with Crippen molar-refractivity contribution in [2.24, 2.45) is 0 Å². The van der Waals surface area contributed by atoms with Crippen molar-refractivity contribution in [3.05, 3.63) is 82.3 Å². The maximum absolute atomic E-state index is 6.35. The SMILES string of the molecule is Brc1cccc([C@@H]2CCNC[C@@H]2OCc2ccc3ccccc3c2)c1. The molecule has 0 bridgehead atoms. The van der Waals surface area contributed by atoms with Crippen LogP contribution in [0.3, 0.4) is 0 Å². The number of hydrogen-bond acceptors (Lipinski definition) is 2. The van der Waals surface area contributed by atoms with Crippen molar-refractivity contribution in [3.8, 4) is 0 Å². The Morgan fingerprint density at radius 3 is 2.72 bits per heavy atom. The minimum absolute atomic E-state index is 0.203. The first-order valence-electron chi connectivity index (χ1n) is 8.85. The molecule has 0 amide bonds. The monoisotopic (exact) mass is 395 g/mol. The molecule has 1 aliphatic rings. The molecule has 128 valence electrons. The van der Waals surface area contributed by atoms with Crippen LogP contribution < -0.4 is 5.32 Å². The van der Waals surface area contributed by atoms with Gasteiger partial charge in [0, 0.05) is 16.9 Å². The molecule has 3 aromatic carbocycles. The van der Waals surface area contributed by atoms with E-state index >= 15 is 0 Å². The number of hydrogen-bond donors (Lipinski definition) is 1. The smallest absolute Gasteiger partial charge is 0.0772 e. The van der Waals surface area contributed by atoms with Gasteiger partial charge in [0.05, 0.1) is 12.7 Å². The lowest BCUT2D eigenvalue weighted by Crippen LogP contribution is -2.40. The number of nitrogens with one attached hydrogen (secondary N) is 1. The van der Waals surface area contributed by atoms with Gasteiger partial charge in [-0.15, -0.1) is 0 Å². The van der Waals surface area contributed by atoms with Crippen LogP contribution in [0.15, 0.2) is 71.2 Å². The Hall–Kier alpha value is -1.68. The predicted molar refractivity (Wildman–Crippen MR) is 107 cm³/mol. The van der Waals surface area contributed by atoms with Crippen molar-refractivity contribution in [1.82, 2.24) is 5.32 Å². The molecule has 0 spiro atoms. The number of fused-ring (bicyclic) bond motifs is 1. The Balaban J connectivity index is 1.49. The van der Waals surface area contributed by atoms with Gasteiger partial charge in [0.1, 0.15) is 0 Å². The van der Waals surface area contributed by atoms with Gasteiger partial charge in [-0.05, 0) is 53.1 Å². The van der Waals surface area contributed by atoms with Gasteiger partial charge < -0.3 is 10.1 Å². The highest BCUT2D eigenvalue weighted by molar-refractivity contribution is 9.10. The van der Waals surface area contributed by atoms with E-state index in [9.17, 15) is 0 Å². The topological polar surface area (TPSA) is 21.3 Å². The van der Waals surface area contributed by atoms with Gasteiger partial charge in [-0.2, -0.15) is 0 Å². The van der Waals surface area contributed by atoms with Crippen molar-refractivity contribution in [1.29, 1.82) is 0 Å². The molecule has 3 aromatic rings. The molecule has 1 fully saturated rings. The summed E-state index contributed by atoms with van der Waals surface area (Å²) in [7, 11) is 0. The number of piperidine rings is 1. The first-order chi connectivity index (χ1) is 12.3. The van der Waals surface area contributed by atoms with Crippen LogP contribution in [0.2, 0.25) is 0 Å². The molecule has 2 nitrogen and oxygen atoms in total. The van der Waals surface area contributed by atoms with E-state index in [4.69, 9.17) is 4.74 Å². The van der Waals surface area contributed by atoms with Crippen molar-refractivity contribution in [2.45, 2.75) is 25.0 Å². The Bertz CT molecular complexity index is 863. The number of rotatable bonds is 4. The molecule has 0 aliphatic carbocycles. The fraction of sp³-hybridized carbons (Fsp3) is 0.273. The number of ether oxygens (including phenoxy) is 1. The largest absolute Gasteiger partial charge is 0.372 e. The van der Waals surface area contributed by atoms with E-state index in [0.29, 0.717) is 12.5 Å². The molecule has 0 aromatic heterocycles. The van der Waals surface area contributed by atoms with Crippen LogP contribution in [0.5, 0.6) is 0 Å². The molecule has 1 N–H and O–H groups in total. The summed E-state index contributed by atoms with van der Waals surface area (Å²) in [5.74, 6) is 0.444. The van der Waals surface area contributed by atoms with E-state index < -0.39 is 0 Å². The highest BCUT2D eigenvalue weighted by atomic mass is 79.9. The van der Waals surface area contributed by atoms with Crippen LogP contribution in [0.25, 0.3) is 10.8 Å². The minimum Gasteiger partial charge on any atom is -0.372 e.